The molecule has 0 heterocycles. The van der Waals surface area contributed by atoms with Gasteiger partial charge in [0.05, 0.1) is 0 Å². The summed E-state index contributed by atoms with van der Waals surface area (Å²) in [5.41, 5.74) is 13.5. The van der Waals surface area contributed by atoms with Crippen LogP contribution < -0.4 is 11.5 Å². The lowest BCUT2D eigenvalue weighted by Crippen LogP contribution is -2.27. The number of nitrogens with two attached hydrogens (primary N) is 2. The highest BCUT2D eigenvalue weighted by molar-refractivity contribution is 5.47. The number of aliphatic hydroxyl groups is 1. The largest absolute Gasteiger partial charge is 0.399 e. The Morgan fingerprint density at radius 3 is 1.53 bits per heavy atom. The molecular formula is C16H20N2O. The highest BCUT2D eigenvalue weighted by Crippen LogP contribution is 2.34. The number of hydrogen-bond donors (Lipinski definition) is 3. The van der Waals surface area contributed by atoms with Crippen molar-refractivity contribution in [3.05, 3.63) is 59.7 Å². The van der Waals surface area contributed by atoms with Gasteiger partial charge >= 0.3 is 0 Å². The van der Waals surface area contributed by atoms with Gasteiger partial charge in [0, 0.05) is 11.4 Å². The first kappa shape index (κ1) is 13.4. The average molecular weight is 256 g/mol. The lowest BCUT2D eigenvalue weighted by atomic mass is 9.82. The van der Waals surface area contributed by atoms with Gasteiger partial charge in [-0.05, 0) is 41.8 Å². The molecule has 0 spiro atoms. The van der Waals surface area contributed by atoms with E-state index in [0.29, 0.717) is 17.8 Å². The molecule has 0 aromatic heterocycles. The fourth-order valence-corrected chi connectivity index (χ4v) is 2.33. The van der Waals surface area contributed by atoms with Crippen molar-refractivity contribution >= 4 is 11.4 Å². The first-order chi connectivity index (χ1) is 9.06. The molecule has 19 heavy (non-hydrogen) atoms. The normalized spacial score (nSPS) is 11.5. The molecule has 0 atom stereocenters. The summed E-state index contributed by atoms with van der Waals surface area (Å²) in [6.45, 7) is 2.06. The minimum absolute atomic E-state index is 0.654. The Hall–Kier alpha value is -2.00. The predicted octanol–water partition coefficient (Wildman–Crippen LogP) is 2.89. The molecule has 0 radical (unpaired) electrons. The highest BCUT2D eigenvalue weighted by atomic mass is 16.3. The number of benzene rings is 2. The maximum absolute atomic E-state index is 11.1. The molecule has 2 aromatic rings. The summed E-state index contributed by atoms with van der Waals surface area (Å²) in [5.74, 6) is 0. The van der Waals surface area contributed by atoms with Crippen LogP contribution in [0.15, 0.2) is 48.5 Å². The quantitative estimate of drug-likeness (QED) is 0.736. The van der Waals surface area contributed by atoms with Gasteiger partial charge < -0.3 is 16.6 Å². The van der Waals surface area contributed by atoms with Crippen LogP contribution in [-0.4, -0.2) is 5.11 Å². The van der Waals surface area contributed by atoms with Crippen LogP contribution in [-0.2, 0) is 5.60 Å². The SMILES string of the molecule is CCCC(O)(c1ccc(N)cc1)c1ccc(N)cc1. The van der Waals surface area contributed by atoms with Crippen LogP contribution in [0.1, 0.15) is 30.9 Å². The first-order valence-electron chi connectivity index (χ1n) is 6.50. The van der Waals surface area contributed by atoms with E-state index in [9.17, 15) is 5.11 Å². The summed E-state index contributed by atoms with van der Waals surface area (Å²) < 4.78 is 0. The molecule has 0 aliphatic carbocycles. The fraction of sp³-hybridized carbons (Fsp3) is 0.250. The van der Waals surface area contributed by atoms with Crippen molar-refractivity contribution in [2.24, 2.45) is 0 Å². The summed E-state index contributed by atoms with van der Waals surface area (Å²) in [6, 6.07) is 14.8. The Bertz CT molecular complexity index is 486. The van der Waals surface area contributed by atoms with Crippen LogP contribution in [0.2, 0.25) is 0 Å². The molecule has 2 aromatic carbocycles. The lowest BCUT2D eigenvalue weighted by Gasteiger charge is -2.29. The summed E-state index contributed by atoms with van der Waals surface area (Å²) in [6.07, 6.45) is 1.53. The second kappa shape index (κ2) is 5.33. The standard InChI is InChI=1S/C16H20N2O/c1-2-11-16(19,12-3-7-14(17)8-4-12)13-5-9-15(18)10-6-13/h3-10,19H,2,11,17-18H2,1H3. The average Bonchev–Trinajstić information content (AvgIpc) is 2.40. The minimum Gasteiger partial charge on any atom is -0.399 e. The van der Waals surface area contributed by atoms with Crippen molar-refractivity contribution in [3.63, 3.8) is 0 Å². The molecule has 0 saturated carbocycles. The molecule has 3 heteroatoms. The molecule has 5 N–H and O–H groups in total. The fourth-order valence-electron chi connectivity index (χ4n) is 2.33. The van der Waals surface area contributed by atoms with E-state index in [4.69, 9.17) is 11.5 Å². The van der Waals surface area contributed by atoms with Gasteiger partial charge in [-0.2, -0.15) is 0 Å². The molecular weight excluding hydrogens is 236 g/mol. The molecule has 3 nitrogen and oxygen atoms in total. The molecule has 2 rings (SSSR count). The Morgan fingerprint density at radius 2 is 1.21 bits per heavy atom. The van der Waals surface area contributed by atoms with Gasteiger partial charge in [-0.1, -0.05) is 37.6 Å². The van der Waals surface area contributed by atoms with Crippen LogP contribution in [0.25, 0.3) is 0 Å². The Morgan fingerprint density at radius 1 is 0.842 bits per heavy atom. The Balaban J connectivity index is 2.47. The monoisotopic (exact) mass is 256 g/mol. The smallest absolute Gasteiger partial charge is 0.115 e. The molecule has 0 saturated heterocycles. The molecule has 0 amide bonds. The Kier molecular flexibility index (Phi) is 3.76. The van der Waals surface area contributed by atoms with Crippen molar-refractivity contribution in [1.29, 1.82) is 0 Å². The molecule has 0 aliphatic rings. The van der Waals surface area contributed by atoms with Gasteiger partial charge in [-0.3, -0.25) is 0 Å². The van der Waals surface area contributed by atoms with Crippen molar-refractivity contribution in [1.82, 2.24) is 0 Å². The maximum atomic E-state index is 11.1. The van der Waals surface area contributed by atoms with E-state index in [1.54, 1.807) is 0 Å². The third kappa shape index (κ3) is 2.71. The molecule has 100 valence electrons. The first-order valence-corrected chi connectivity index (χ1v) is 6.50. The van der Waals surface area contributed by atoms with E-state index in [1.165, 1.54) is 0 Å². The maximum Gasteiger partial charge on any atom is 0.115 e. The van der Waals surface area contributed by atoms with Crippen LogP contribution in [0.4, 0.5) is 11.4 Å². The third-order valence-electron chi connectivity index (χ3n) is 3.39. The molecule has 0 fully saturated rings. The molecule has 0 aliphatic heterocycles. The van der Waals surface area contributed by atoms with Gasteiger partial charge in [0.15, 0.2) is 0 Å². The van der Waals surface area contributed by atoms with E-state index in [0.717, 1.165) is 17.5 Å². The summed E-state index contributed by atoms with van der Waals surface area (Å²) in [7, 11) is 0. The van der Waals surface area contributed by atoms with Gasteiger partial charge in [0.25, 0.3) is 0 Å². The van der Waals surface area contributed by atoms with Gasteiger partial charge in [-0.25, -0.2) is 0 Å². The van der Waals surface area contributed by atoms with Crippen LogP contribution in [0.5, 0.6) is 0 Å². The number of hydrogen-bond acceptors (Lipinski definition) is 3. The van der Waals surface area contributed by atoms with Crippen LogP contribution in [0, 0.1) is 0 Å². The van der Waals surface area contributed by atoms with Crippen LogP contribution >= 0.6 is 0 Å². The number of anilines is 2. The summed E-state index contributed by atoms with van der Waals surface area (Å²) in [4.78, 5) is 0. The zero-order valence-corrected chi connectivity index (χ0v) is 11.1. The van der Waals surface area contributed by atoms with E-state index in [1.807, 2.05) is 48.5 Å². The molecule has 0 bridgehead atoms. The van der Waals surface area contributed by atoms with Crippen molar-refractivity contribution in [2.45, 2.75) is 25.4 Å². The lowest BCUT2D eigenvalue weighted by molar-refractivity contribution is 0.0702. The van der Waals surface area contributed by atoms with Gasteiger partial charge in [0.2, 0.25) is 0 Å². The van der Waals surface area contributed by atoms with Crippen molar-refractivity contribution in [3.8, 4) is 0 Å². The predicted molar refractivity (Wildman–Crippen MR) is 79.6 cm³/mol. The molecule has 0 unspecified atom stereocenters. The summed E-state index contributed by atoms with van der Waals surface area (Å²) >= 11 is 0. The summed E-state index contributed by atoms with van der Waals surface area (Å²) in [5, 5.41) is 11.1. The third-order valence-corrected chi connectivity index (χ3v) is 3.39. The zero-order valence-electron chi connectivity index (χ0n) is 11.1. The van der Waals surface area contributed by atoms with Gasteiger partial charge in [0.1, 0.15) is 5.60 Å². The highest BCUT2D eigenvalue weighted by Gasteiger charge is 2.30. The number of rotatable bonds is 4. The van der Waals surface area contributed by atoms with E-state index in [2.05, 4.69) is 6.92 Å². The van der Waals surface area contributed by atoms with E-state index in [-0.39, 0.29) is 0 Å². The van der Waals surface area contributed by atoms with Crippen molar-refractivity contribution < 1.29 is 5.11 Å². The van der Waals surface area contributed by atoms with Crippen molar-refractivity contribution in [2.75, 3.05) is 11.5 Å². The van der Waals surface area contributed by atoms with E-state index >= 15 is 0 Å². The van der Waals surface area contributed by atoms with E-state index < -0.39 is 5.60 Å². The zero-order chi connectivity index (χ0) is 13.9. The van der Waals surface area contributed by atoms with Crippen LogP contribution in [0.3, 0.4) is 0 Å². The minimum atomic E-state index is -0.990. The second-order valence-corrected chi connectivity index (χ2v) is 4.85. The topological polar surface area (TPSA) is 72.3 Å². The number of nitrogen functional groups attached to an aromatic ring is 2. The Labute approximate surface area is 113 Å². The van der Waals surface area contributed by atoms with Gasteiger partial charge in [-0.15, -0.1) is 0 Å². The second-order valence-electron chi connectivity index (χ2n) is 4.85.